The third-order valence-corrected chi connectivity index (χ3v) is 2.94. The molecule has 1 aliphatic heterocycles. The van der Waals surface area contributed by atoms with E-state index >= 15 is 0 Å². The molecule has 1 atom stereocenters. The molecule has 1 aliphatic rings. The molecule has 1 N–H and O–H groups in total. The second kappa shape index (κ2) is 6.18. The summed E-state index contributed by atoms with van der Waals surface area (Å²) in [6.45, 7) is 13.6. The summed E-state index contributed by atoms with van der Waals surface area (Å²) in [4.78, 5) is 17.8. The maximum atomic E-state index is 12.0. The number of nitriles is 1. The first-order valence-corrected chi connectivity index (χ1v) is 5.51. The summed E-state index contributed by atoms with van der Waals surface area (Å²) < 4.78 is 0. The van der Waals surface area contributed by atoms with Gasteiger partial charge in [-0.05, 0) is 6.08 Å². The Hall–Kier alpha value is -3.37. The summed E-state index contributed by atoms with van der Waals surface area (Å²) in [6, 6.07) is 0.595. The van der Waals surface area contributed by atoms with Gasteiger partial charge in [0.15, 0.2) is 11.5 Å². The van der Waals surface area contributed by atoms with Crippen molar-refractivity contribution < 1.29 is 9.90 Å². The standard InChI is InChI=1S/C13H9N6O2/c1-16-8(6-14)12(20)10-5-11(19(4)18(10)3)13(21)9(7-15)17-2/h5,10,21H,3-4H3/q-1/b13-9-. The van der Waals surface area contributed by atoms with Crippen LogP contribution >= 0.6 is 0 Å². The van der Waals surface area contributed by atoms with Crippen molar-refractivity contribution in [2.45, 2.75) is 6.04 Å². The van der Waals surface area contributed by atoms with E-state index in [0.717, 1.165) is 0 Å². The molecule has 0 fully saturated rings. The van der Waals surface area contributed by atoms with Crippen molar-refractivity contribution in [1.29, 1.82) is 5.26 Å². The Morgan fingerprint density at radius 3 is 2.52 bits per heavy atom. The van der Waals surface area contributed by atoms with Gasteiger partial charge < -0.3 is 20.3 Å². The lowest BCUT2D eigenvalue weighted by Gasteiger charge is -2.28. The largest absolute Gasteiger partial charge is 0.775 e. The van der Waals surface area contributed by atoms with Gasteiger partial charge in [-0.2, -0.15) is 0 Å². The quantitative estimate of drug-likeness (QED) is 0.272. The lowest BCUT2D eigenvalue weighted by atomic mass is 10.1. The van der Waals surface area contributed by atoms with E-state index in [0.29, 0.717) is 0 Å². The molecule has 104 valence electrons. The van der Waals surface area contributed by atoms with Crippen LogP contribution in [0.15, 0.2) is 28.9 Å². The number of carbonyl (C=O) groups excluding carboxylic acids is 1. The molecule has 0 radical (unpaired) electrons. The van der Waals surface area contributed by atoms with Gasteiger partial charge in [-0.25, -0.2) is 20.0 Å². The number of likely N-dealkylation sites (N-methyl/N-ethyl adjacent to an activating group) is 2. The minimum atomic E-state index is -0.957. The first kappa shape index (κ1) is 15.7. The Balaban J connectivity index is 3.33. The highest BCUT2D eigenvalue weighted by Crippen LogP contribution is 2.27. The zero-order chi connectivity index (χ0) is 16.2. The average Bonchev–Trinajstić information content (AvgIpc) is 2.77. The number of carbonyl (C=O) groups is 1. The van der Waals surface area contributed by atoms with Crippen LogP contribution in [-0.2, 0) is 4.79 Å². The fourth-order valence-electron chi connectivity index (χ4n) is 1.73. The second-order valence-electron chi connectivity index (χ2n) is 3.95. The highest BCUT2D eigenvalue weighted by molar-refractivity contribution is 6.09. The Morgan fingerprint density at radius 2 is 2.10 bits per heavy atom. The molecule has 0 spiro atoms. The minimum absolute atomic E-state index is 0.0886. The summed E-state index contributed by atoms with van der Waals surface area (Å²) in [5, 5.41) is 30.1. The zero-order valence-corrected chi connectivity index (χ0v) is 11.2. The van der Waals surface area contributed by atoms with Crippen molar-refractivity contribution in [3.05, 3.63) is 57.2 Å². The molecule has 0 saturated heterocycles. The minimum Gasteiger partial charge on any atom is -0.775 e. The first-order chi connectivity index (χ1) is 9.92. The van der Waals surface area contributed by atoms with E-state index in [1.807, 2.05) is 0 Å². The molecule has 0 bridgehead atoms. The van der Waals surface area contributed by atoms with Crippen LogP contribution in [0.3, 0.4) is 0 Å². The lowest BCUT2D eigenvalue weighted by Crippen LogP contribution is -2.41. The molecule has 0 aromatic rings. The van der Waals surface area contributed by atoms with Crippen LogP contribution in [0.25, 0.3) is 15.1 Å². The molecule has 1 unspecified atom stereocenters. The molecule has 1 heterocycles. The summed E-state index contributed by atoms with van der Waals surface area (Å²) in [7, 11) is 3.03. The summed E-state index contributed by atoms with van der Waals surface area (Å²) in [5.74, 6) is 0.242. The fraction of sp³-hybridized carbons (Fsp3) is 0.231. The Morgan fingerprint density at radius 1 is 1.48 bits per heavy atom. The normalized spacial score (nSPS) is 18.5. The highest BCUT2D eigenvalue weighted by atomic mass is 16.3. The third-order valence-electron chi connectivity index (χ3n) is 2.94. The second-order valence-corrected chi connectivity index (χ2v) is 3.95. The van der Waals surface area contributed by atoms with E-state index < -0.39 is 29.0 Å². The number of ketones is 1. The highest BCUT2D eigenvalue weighted by Gasteiger charge is 2.35. The lowest BCUT2D eigenvalue weighted by molar-refractivity contribution is -0.121. The van der Waals surface area contributed by atoms with Gasteiger partial charge in [0.25, 0.3) is 0 Å². The Bertz CT molecular complexity index is 705. The molecule has 0 amide bonds. The molecular weight excluding hydrogens is 272 g/mol. The van der Waals surface area contributed by atoms with Crippen molar-refractivity contribution in [1.82, 2.24) is 10.0 Å². The number of aliphatic hydroxyl groups is 1. The molecule has 21 heavy (non-hydrogen) atoms. The molecule has 0 aromatic carbocycles. The molecule has 0 saturated carbocycles. The maximum absolute atomic E-state index is 12.0. The van der Waals surface area contributed by atoms with Gasteiger partial charge in [0.2, 0.25) is 5.70 Å². The van der Waals surface area contributed by atoms with E-state index in [-0.39, 0.29) is 5.70 Å². The maximum Gasteiger partial charge on any atom is 0.304 e. The molecular formula is C13H9N6O2-. The van der Waals surface area contributed by atoms with Crippen molar-refractivity contribution >= 4 is 11.7 Å². The van der Waals surface area contributed by atoms with Gasteiger partial charge in [-0.15, -0.1) is 0 Å². The summed E-state index contributed by atoms with van der Waals surface area (Å²) in [5.41, 5.74) is -0.998. The Labute approximate surface area is 121 Å². The van der Waals surface area contributed by atoms with Gasteiger partial charge in [0.1, 0.15) is 6.04 Å². The Kier molecular flexibility index (Phi) is 4.62. The molecule has 1 rings (SSSR count). The number of aliphatic hydroxyl groups excluding tert-OH is 1. The number of rotatable bonds is 3. The number of hydrogen-bond acceptors (Lipinski definition) is 5. The predicted octanol–water partition coefficient (Wildman–Crippen LogP) is 0.855. The van der Waals surface area contributed by atoms with E-state index in [1.165, 1.54) is 36.1 Å². The average molecular weight is 281 g/mol. The SMILES string of the molecule is [C-]#[N+]C(=C=[N-])C(=O)C1C=C(/C(O)=C(\C#N)[N+]#[C-])N(C)N1C. The summed E-state index contributed by atoms with van der Waals surface area (Å²) >= 11 is 0. The molecule has 8 nitrogen and oxygen atoms in total. The van der Waals surface area contributed by atoms with Crippen molar-refractivity contribution in [3.8, 4) is 6.07 Å². The van der Waals surface area contributed by atoms with Crippen LogP contribution in [0, 0.1) is 24.5 Å². The van der Waals surface area contributed by atoms with Gasteiger partial charge in [-0.1, -0.05) is 0 Å². The summed E-state index contributed by atoms with van der Waals surface area (Å²) in [6.07, 6.45) is 1.29. The number of hydrazine groups is 1. The van der Waals surface area contributed by atoms with Crippen molar-refractivity contribution in [2.24, 2.45) is 0 Å². The molecule has 8 heteroatoms. The smallest absolute Gasteiger partial charge is 0.304 e. The monoisotopic (exact) mass is 281 g/mol. The van der Waals surface area contributed by atoms with Crippen LogP contribution in [-0.4, -0.2) is 46.9 Å². The molecule has 0 aliphatic carbocycles. The number of nitrogens with zero attached hydrogens (tertiary/aromatic N) is 6. The zero-order valence-electron chi connectivity index (χ0n) is 11.2. The van der Waals surface area contributed by atoms with Crippen LogP contribution in [0.2, 0.25) is 0 Å². The first-order valence-electron chi connectivity index (χ1n) is 5.51. The number of allylic oxidation sites excluding steroid dienone is 1. The van der Waals surface area contributed by atoms with Crippen LogP contribution in [0.1, 0.15) is 0 Å². The van der Waals surface area contributed by atoms with Crippen LogP contribution in [0.5, 0.6) is 0 Å². The van der Waals surface area contributed by atoms with Gasteiger partial charge in [0.05, 0.1) is 24.9 Å². The topological polar surface area (TPSA) is 98.6 Å². The van der Waals surface area contributed by atoms with Crippen molar-refractivity contribution in [3.63, 3.8) is 0 Å². The van der Waals surface area contributed by atoms with Crippen LogP contribution in [0.4, 0.5) is 0 Å². The van der Waals surface area contributed by atoms with E-state index in [4.69, 9.17) is 23.8 Å². The molecule has 0 aromatic heterocycles. The van der Waals surface area contributed by atoms with Gasteiger partial charge >= 0.3 is 5.70 Å². The number of hydrogen-bond donors (Lipinski definition) is 1. The predicted molar refractivity (Wildman–Crippen MR) is 72.8 cm³/mol. The van der Waals surface area contributed by atoms with E-state index in [1.54, 1.807) is 6.07 Å². The van der Waals surface area contributed by atoms with Crippen molar-refractivity contribution in [2.75, 3.05) is 14.1 Å². The van der Waals surface area contributed by atoms with E-state index in [9.17, 15) is 9.90 Å². The number of Topliss-reactive ketones (excluding diaryl/α,β-unsaturated/α-hetero) is 1. The van der Waals surface area contributed by atoms with Gasteiger partial charge in [0, 0.05) is 14.1 Å². The third kappa shape index (κ3) is 2.65. The van der Waals surface area contributed by atoms with Gasteiger partial charge in [-0.3, -0.25) is 5.87 Å². The fourth-order valence-corrected chi connectivity index (χ4v) is 1.73. The van der Waals surface area contributed by atoms with Crippen LogP contribution < -0.4 is 0 Å². The van der Waals surface area contributed by atoms with E-state index in [2.05, 4.69) is 9.69 Å².